The van der Waals surface area contributed by atoms with Gasteiger partial charge in [-0.05, 0) is 19.4 Å². The van der Waals surface area contributed by atoms with Crippen LogP contribution in [0.1, 0.15) is 40.5 Å². The number of nitrogens with zero attached hydrogens (tertiary/aromatic N) is 4. The molecule has 0 bridgehead atoms. The van der Waals surface area contributed by atoms with Crippen molar-refractivity contribution in [1.29, 1.82) is 21.0 Å². The van der Waals surface area contributed by atoms with Gasteiger partial charge in [-0.3, -0.25) is 0 Å². The van der Waals surface area contributed by atoms with Crippen LogP contribution in [0.2, 0.25) is 0 Å². The smallest absolute Gasteiger partial charge is 0.179 e. The van der Waals surface area contributed by atoms with Crippen LogP contribution >= 0.6 is 0 Å². The van der Waals surface area contributed by atoms with E-state index < -0.39 is 41.0 Å². The van der Waals surface area contributed by atoms with Crippen molar-refractivity contribution in [2.45, 2.75) is 50.0 Å². The highest BCUT2D eigenvalue weighted by Crippen LogP contribution is 2.98. The Bertz CT molecular complexity index is 1060. The molecule has 1 aliphatic heterocycles. The van der Waals surface area contributed by atoms with Crippen molar-refractivity contribution in [2.75, 3.05) is 0 Å². The third-order valence-electron chi connectivity index (χ3n) is 8.79. The van der Waals surface area contributed by atoms with Gasteiger partial charge in [0.2, 0.25) is 0 Å². The highest BCUT2D eigenvalue weighted by molar-refractivity contribution is 7.97. The molecule has 0 aromatic rings. The van der Waals surface area contributed by atoms with E-state index in [1.807, 2.05) is 38.1 Å². The molecule has 126 valence electrons. The summed E-state index contributed by atoms with van der Waals surface area (Å²) < 4.78 is 24.2. The Hall–Kier alpha value is -2.35. The lowest BCUT2D eigenvalue weighted by Gasteiger charge is -2.53. The molecule has 1 saturated carbocycles. The third-order valence-corrected chi connectivity index (χ3v) is 12.4. The van der Waals surface area contributed by atoms with E-state index in [4.69, 9.17) is 0 Å². The quantitative estimate of drug-likeness (QED) is 0.614. The zero-order valence-corrected chi connectivity index (χ0v) is 15.2. The van der Waals surface area contributed by atoms with Crippen LogP contribution in [0.15, 0.2) is 11.1 Å². The second-order valence-electron chi connectivity index (χ2n) is 8.39. The largest absolute Gasteiger partial charge is 0.227 e. The van der Waals surface area contributed by atoms with E-state index in [9.17, 15) is 29.5 Å². The van der Waals surface area contributed by atoms with Gasteiger partial charge in [0, 0.05) is 23.7 Å². The van der Waals surface area contributed by atoms with Crippen molar-refractivity contribution >= 4 is 9.84 Å². The van der Waals surface area contributed by atoms with Gasteiger partial charge in [0.15, 0.2) is 20.7 Å². The molecule has 0 amide bonds. The van der Waals surface area contributed by atoms with Gasteiger partial charge in [0.25, 0.3) is 0 Å². The number of hydrogen-bond donors (Lipinski definition) is 0. The summed E-state index contributed by atoms with van der Waals surface area (Å²) in [6, 6.07) is 7.62. The number of sulfone groups is 1. The molecule has 0 aromatic carbocycles. The number of rotatable bonds is 0. The zero-order valence-electron chi connectivity index (χ0n) is 14.4. The first-order chi connectivity index (χ1) is 11.4. The van der Waals surface area contributed by atoms with Crippen molar-refractivity contribution in [3.05, 3.63) is 11.1 Å². The van der Waals surface area contributed by atoms with Crippen molar-refractivity contribution in [1.82, 2.24) is 0 Å². The lowest BCUT2D eigenvalue weighted by molar-refractivity contribution is 0.251. The molecule has 3 aliphatic carbocycles. The van der Waals surface area contributed by atoms with E-state index in [1.165, 1.54) is 0 Å². The summed E-state index contributed by atoms with van der Waals surface area (Å²) in [6.45, 7) is 7.25. The van der Waals surface area contributed by atoms with Crippen LogP contribution in [0.5, 0.6) is 0 Å². The molecule has 0 aromatic heterocycles. The fourth-order valence-corrected chi connectivity index (χ4v) is 10.7. The fraction of sp³-hybridized carbons (Fsp3) is 0.667. The molecule has 0 N–H and O–H groups in total. The molecule has 1 saturated heterocycles. The Balaban J connectivity index is 2.07. The normalized spacial score (nSPS) is 48.5. The third kappa shape index (κ3) is 0.895. The Morgan fingerprint density at radius 3 is 1.60 bits per heavy atom. The molecule has 25 heavy (non-hydrogen) atoms. The predicted octanol–water partition coefficient (Wildman–Crippen LogP) is 2.13. The molecule has 4 rings (SSSR count). The van der Waals surface area contributed by atoms with E-state index in [-0.39, 0.29) is 12.8 Å². The standard InChI is InChI=1S/C18H16N4O2S/c1-13-11-5-17(7-19,8-20)18(9-21,10-22)6-12(11)14(2)15(13,3)16(13,4)25(14,23)24/h5-6H2,1-4H3. The van der Waals surface area contributed by atoms with E-state index >= 15 is 0 Å². The van der Waals surface area contributed by atoms with Crippen LogP contribution < -0.4 is 0 Å². The van der Waals surface area contributed by atoms with Crippen molar-refractivity contribution in [3.8, 4) is 24.3 Å². The second kappa shape index (κ2) is 3.46. The second-order valence-corrected chi connectivity index (χ2v) is 11.0. The first-order valence-corrected chi connectivity index (χ1v) is 9.53. The Morgan fingerprint density at radius 2 is 1.20 bits per heavy atom. The minimum absolute atomic E-state index is 0.0384. The SMILES string of the molecule is CC12C3=C(CC(C#N)(C#N)C(C#N)(C#N)C3)C3(C)C1(C)C2(C)S3(=O)=O. The first kappa shape index (κ1) is 16.1. The van der Waals surface area contributed by atoms with Crippen LogP contribution in [0.3, 0.4) is 0 Å². The molecule has 2 fully saturated rings. The summed E-state index contributed by atoms with van der Waals surface area (Å²) in [6.07, 6.45) is -0.198. The predicted molar refractivity (Wildman–Crippen MR) is 85.5 cm³/mol. The van der Waals surface area contributed by atoms with Crippen LogP contribution in [0.25, 0.3) is 0 Å². The molecule has 4 atom stereocenters. The van der Waals surface area contributed by atoms with Crippen LogP contribution in [-0.4, -0.2) is 17.9 Å². The Morgan fingerprint density at radius 1 is 0.800 bits per heavy atom. The zero-order chi connectivity index (χ0) is 18.9. The number of allylic oxidation sites excluding steroid dienone is 1. The molecule has 1 heterocycles. The van der Waals surface area contributed by atoms with Crippen LogP contribution in [0, 0.1) is 67.0 Å². The summed E-state index contributed by atoms with van der Waals surface area (Å²) in [5.41, 5.74) is -3.42. The lowest BCUT2D eigenvalue weighted by atomic mass is 9.55. The van der Waals surface area contributed by atoms with Gasteiger partial charge < -0.3 is 0 Å². The van der Waals surface area contributed by atoms with Crippen molar-refractivity contribution in [3.63, 3.8) is 0 Å². The topological polar surface area (TPSA) is 129 Å². The molecule has 0 radical (unpaired) electrons. The molecular formula is C18H16N4O2S. The van der Waals surface area contributed by atoms with Gasteiger partial charge in [-0.15, -0.1) is 0 Å². The molecule has 4 unspecified atom stereocenters. The Labute approximate surface area is 146 Å². The molecular weight excluding hydrogens is 336 g/mol. The van der Waals surface area contributed by atoms with Gasteiger partial charge in [-0.25, -0.2) is 8.42 Å². The summed E-state index contributed by atoms with van der Waals surface area (Å²) >= 11 is 0. The van der Waals surface area contributed by atoms with E-state index in [2.05, 4.69) is 0 Å². The lowest BCUT2D eigenvalue weighted by Crippen LogP contribution is -2.64. The average molecular weight is 352 g/mol. The maximum Gasteiger partial charge on any atom is 0.179 e. The Kier molecular flexibility index (Phi) is 2.23. The first-order valence-electron chi connectivity index (χ1n) is 8.05. The van der Waals surface area contributed by atoms with Gasteiger partial charge in [0.1, 0.15) is 0 Å². The highest BCUT2D eigenvalue weighted by Gasteiger charge is 3.05. The highest BCUT2D eigenvalue weighted by atomic mass is 32.2. The number of hydrogen-bond acceptors (Lipinski definition) is 6. The van der Waals surface area contributed by atoms with Crippen molar-refractivity contribution < 1.29 is 8.42 Å². The minimum Gasteiger partial charge on any atom is -0.227 e. The maximum absolute atomic E-state index is 13.1. The maximum atomic E-state index is 13.1. The van der Waals surface area contributed by atoms with Crippen LogP contribution in [0.4, 0.5) is 0 Å². The van der Waals surface area contributed by atoms with Gasteiger partial charge in [-0.2, -0.15) is 21.0 Å². The fourth-order valence-electron chi connectivity index (χ4n) is 6.81. The summed E-state index contributed by atoms with van der Waals surface area (Å²) in [4.78, 5) is 0. The average Bonchev–Trinajstić information content (AvgIpc) is 2.94. The number of nitriles is 4. The minimum atomic E-state index is -3.47. The molecule has 7 heteroatoms. The van der Waals surface area contributed by atoms with Gasteiger partial charge in [-0.1, -0.05) is 19.4 Å². The van der Waals surface area contributed by atoms with Crippen molar-refractivity contribution in [2.24, 2.45) is 21.7 Å². The molecule has 0 spiro atoms. The monoisotopic (exact) mass is 352 g/mol. The van der Waals surface area contributed by atoms with E-state index in [0.717, 1.165) is 5.57 Å². The molecule has 6 nitrogen and oxygen atoms in total. The van der Waals surface area contributed by atoms with E-state index in [1.54, 1.807) is 13.8 Å². The summed E-state index contributed by atoms with van der Waals surface area (Å²) in [5, 5.41) is 38.8. The van der Waals surface area contributed by atoms with E-state index in [0.29, 0.717) is 5.57 Å². The number of fused-ring (bicyclic) bond motifs is 3. The van der Waals surface area contributed by atoms with Gasteiger partial charge >= 0.3 is 0 Å². The molecule has 4 aliphatic rings. The van der Waals surface area contributed by atoms with Gasteiger partial charge in [0.05, 0.1) is 33.8 Å². The van der Waals surface area contributed by atoms with Crippen LogP contribution in [-0.2, 0) is 9.84 Å². The summed E-state index contributed by atoms with van der Waals surface area (Å²) in [5.74, 6) is 0. The summed E-state index contributed by atoms with van der Waals surface area (Å²) in [7, 11) is -3.47.